The lowest BCUT2D eigenvalue weighted by atomic mass is 10.2. The fraction of sp³-hybridized carbons (Fsp3) is 0.250. The van der Waals surface area contributed by atoms with E-state index in [2.05, 4.69) is 20.0 Å². The molecule has 0 unspecified atom stereocenters. The van der Waals surface area contributed by atoms with Gasteiger partial charge in [-0.2, -0.15) is 18.2 Å². The molecule has 1 heterocycles. The number of benzene rings is 1. The molecule has 2 rings (SSSR count). The van der Waals surface area contributed by atoms with Crippen LogP contribution in [0.4, 0.5) is 18.9 Å². The van der Waals surface area contributed by atoms with E-state index in [0.717, 1.165) is 18.2 Å². The molecule has 21 heavy (non-hydrogen) atoms. The van der Waals surface area contributed by atoms with Crippen LogP contribution in [-0.4, -0.2) is 16.0 Å². The van der Waals surface area contributed by atoms with Crippen LogP contribution < -0.4 is 5.32 Å². The van der Waals surface area contributed by atoms with Crippen molar-refractivity contribution in [1.82, 2.24) is 10.1 Å². The van der Waals surface area contributed by atoms with E-state index in [9.17, 15) is 18.0 Å². The molecule has 9 heteroatoms. The van der Waals surface area contributed by atoms with Gasteiger partial charge < -0.3 is 9.84 Å². The number of nitrogens with zero attached hydrogens (tertiary/aromatic N) is 2. The summed E-state index contributed by atoms with van der Waals surface area (Å²) in [7, 11) is 0. The van der Waals surface area contributed by atoms with Gasteiger partial charge >= 0.3 is 6.18 Å². The van der Waals surface area contributed by atoms with Crippen LogP contribution >= 0.6 is 11.6 Å². The van der Waals surface area contributed by atoms with Crippen molar-refractivity contribution in [2.24, 2.45) is 0 Å². The number of halogens is 4. The fourth-order valence-electron chi connectivity index (χ4n) is 1.55. The number of hydrogen-bond donors (Lipinski definition) is 1. The number of anilines is 1. The van der Waals surface area contributed by atoms with Crippen molar-refractivity contribution < 1.29 is 22.5 Å². The van der Waals surface area contributed by atoms with Crippen molar-refractivity contribution in [3.8, 4) is 0 Å². The molecule has 1 N–H and O–H groups in total. The first-order chi connectivity index (χ1) is 9.75. The highest BCUT2D eigenvalue weighted by Crippen LogP contribution is 2.33. The van der Waals surface area contributed by atoms with Crippen molar-refractivity contribution in [2.75, 3.05) is 5.32 Å². The van der Waals surface area contributed by atoms with Gasteiger partial charge in [0.2, 0.25) is 11.8 Å². The first-order valence-corrected chi connectivity index (χ1v) is 6.09. The predicted octanol–water partition coefficient (Wildman–Crippen LogP) is 3.23. The predicted molar refractivity (Wildman–Crippen MR) is 67.8 cm³/mol. The Hall–Kier alpha value is -2.09. The molecule has 2 aromatic rings. The first-order valence-electron chi connectivity index (χ1n) is 5.71. The minimum Gasteiger partial charge on any atom is -0.340 e. The Morgan fingerprint density at radius 1 is 1.43 bits per heavy atom. The van der Waals surface area contributed by atoms with Crippen LogP contribution in [0.1, 0.15) is 17.3 Å². The van der Waals surface area contributed by atoms with Crippen molar-refractivity contribution in [2.45, 2.75) is 19.5 Å². The maximum Gasteiger partial charge on any atom is 0.416 e. The molecule has 0 spiro atoms. The maximum absolute atomic E-state index is 12.6. The Balaban J connectivity index is 2.13. The zero-order valence-electron chi connectivity index (χ0n) is 10.7. The van der Waals surface area contributed by atoms with Crippen LogP contribution in [0.15, 0.2) is 22.7 Å². The third-order valence-electron chi connectivity index (χ3n) is 2.46. The van der Waals surface area contributed by atoms with Gasteiger partial charge in [0.25, 0.3) is 0 Å². The molecule has 0 aliphatic carbocycles. The molecule has 112 valence electrons. The highest BCUT2D eigenvalue weighted by Gasteiger charge is 2.31. The number of carbonyl (C=O) groups excluding carboxylic acids is 1. The van der Waals surface area contributed by atoms with E-state index in [1.807, 2.05) is 0 Å². The highest BCUT2D eigenvalue weighted by atomic mass is 35.5. The fourth-order valence-corrected chi connectivity index (χ4v) is 1.71. The largest absolute Gasteiger partial charge is 0.416 e. The van der Waals surface area contributed by atoms with Crippen LogP contribution in [0.5, 0.6) is 0 Å². The summed E-state index contributed by atoms with van der Waals surface area (Å²) in [5.74, 6) is -0.181. The minimum absolute atomic E-state index is 0.000595. The Kier molecular flexibility index (Phi) is 4.17. The lowest BCUT2D eigenvalue weighted by Crippen LogP contribution is -2.16. The summed E-state index contributed by atoms with van der Waals surface area (Å²) < 4.78 is 42.5. The van der Waals surface area contributed by atoms with Gasteiger partial charge in [0.15, 0.2) is 5.82 Å². The van der Waals surface area contributed by atoms with Gasteiger partial charge in [0, 0.05) is 6.92 Å². The Morgan fingerprint density at radius 3 is 2.71 bits per heavy atom. The quantitative estimate of drug-likeness (QED) is 0.943. The SMILES string of the molecule is Cc1nc(CC(=O)Nc2cc(C(F)(F)F)ccc2Cl)no1. The molecule has 1 aromatic heterocycles. The third kappa shape index (κ3) is 3.94. The number of aryl methyl sites for hydroxylation is 1. The summed E-state index contributed by atoms with van der Waals surface area (Å²) in [6.07, 6.45) is -4.75. The molecular weight excluding hydrogens is 311 g/mol. The Morgan fingerprint density at radius 2 is 2.14 bits per heavy atom. The van der Waals surface area contributed by atoms with E-state index < -0.39 is 17.6 Å². The zero-order valence-corrected chi connectivity index (χ0v) is 11.4. The van der Waals surface area contributed by atoms with Crippen LogP contribution in [0.3, 0.4) is 0 Å². The molecule has 1 aromatic carbocycles. The van der Waals surface area contributed by atoms with E-state index >= 15 is 0 Å². The van der Waals surface area contributed by atoms with E-state index in [4.69, 9.17) is 11.6 Å². The molecule has 0 aliphatic heterocycles. The molecule has 0 saturated carbocycles. The smallest absolute Gasteiger partial charge is 0.340 e. The van der Waals surface area contributed by atoms with E-state index in [0.29, 0.717) is 0 Å². The second-order valence-electron chi connectivity index (χ2n) is 4.15. The molecular formula is C12H9ClF3N3O2. The molecule has 0 fully saturated rings. The summed E-state index contributed by atoms with van der Waals surface area (Å²) >= 11 is 5.77. The van der Waals surface area contributed by atoms with Crippen molar-refractivity contribution >= 4 is 23.2 Å². The van der Waals surface area contributed by atoms with Crippen LogP contribution in [-0.2, 0) is 17.4 Å². The Labute approximate surface area is 122 Å². The Bertz CT molecular complexity index is 670. The van der Waals surface area contributed by atoms with E-state index in [-0.39, 0.29) is 28.8 Å². The van der Waals surface area contributed by atoms with Gasteiger partial charge in [0.1, 0.15) is 0 Å². The molecule has 0 radical (unpaired) electrons. The number of carbonyl (C=O) groups is 1. The average Bonchev–Trinajstić information content (AvgIpc) is 2.76. The van der Waals surface area contributed by atoms with Crippen molar-refractivity contribution in [3.63, 3.8) is 0 Å². The normalized spacial score (nSPS) is 11.5. The number of nitrogens with one attached hydrogen (secondary N) is 1. The number of aromatic nitrogens is 2. The number of amides is 1. The van der Waals surface area contributed by atoms with Gasteiger partial charge in [-0.05, 0) is 18.2 Å². The number of hydrogen-bond acceptors (Lipinski definition) is 4. The summed E-state index contributed by atoms with van der Waals surface area (Å²) in [5.41, 5.74) is -1.03. The van der Waals surface area contributed by atoms with Gasteiger partial charge in [-0.3, -0.25) is 4.79 Å². The topological polar surface area (TPSA) is 68.0 Å². The van der Waals surface area contributed by atoms with Crippen LogP contribution in [0.25, 0.3) is 0 Å². The van der Waals surface area contributed by atoms with Crippen LogP contribution in [0.2, 0.25) is 5.02 Å². The second kappa shape index (κ2) is 5.72. The molecule has 5 nitrogen and oxygen atoms in total. The van der Waals surface area contributed by atoms with E-state index in [1.54, 1.807) is 6.92 Å². The van der Waals surface area contributed by atoms with Gasteiger partial charge in [-0.1, -0.05) is 16.8 Å². The highest BCUT2D eigenvalue weighted by molar-refractivity contribution is 6.33. The lowest BCUT2D eigenvalue weighted by molar-refractivity contribution is -0.137. The lowest BCUT2D eigenvalue weighted by Gasteiger charge is -2.11. The molecule has 0 saturated heterocycles. The van der Waals surface area contributed by atoms with Gasteiger partial charge in [-0.25, -0.2) is 0 Å². The van der Waals surface area contributed by atoms with Crippen molar-refractivity contribution in [1.29, 1.82) is 0 Å². The van der Waals surface area contributed by atoms with E-state index in [1.165, 1.54) is 0 Å². The first kappa shape index (κ1) is 15.3. The van der Waals surface area contributed by atoms with Crippen LogP contribution in [0, 0.1) is 6.92 Å². The van der Waals surface area contributed by atoms with Crippen molar-refractivity contribution in [3.05, 3.63) is 40.5 Å². The summed E-state index contributed by atoms with van der Waals surface area (Å²) in [6.45, 7) is 1.55. The standard InChI is InChI=1S/C12H9ClF3N3O2/c1-6-17-10(19-21-6)5-11(20)18-9-4-7(12(14,15)16)2-3-8(9)13/h2-4H,5H2,1H3,(H,18,20). The second-order valence-corrected chi connectivity index (χ2v) is 4.55. The summed E-state index contributed by atoms with van der Waals surface area (Å²) in [5, 5.41) is 5.81. The third-order valence-corrected chi connectivity index (χ3v) is 2.79. The summed E-state index contributed by atoms with van der Waals surface area (Å²) in [6, 6.07) is 2.67. The van der Waals surface area contributed by atoms with Gasteiger partial charge in [0.05, 0.1) is 22.7 Å². The van der Waals surface area contributed by atoms with Gasteiger partial charge in [-0.15, -0.1) is 0 Å². The maximum atomic E-state index is 12.6. The molecule has 1 amide bonds. The summed E-state index contributed by atoms with van der Waals surface area (Å²) in [4.78, 5) is 15.6. The number of alkyl halides is 3. The molecule has 0 aliphatic rings. The monoisotopic (exact) mass is 319 g/mol. The average molecular weight is 320 g/mol. The minimum atomic E-state index is -4.52. The zero-order chi connectivity index (χ0) is 15.6. The number of rotatable bonds is 3. The molecule has 0 atom stereocenters. The molecule has 0 bridgehead atoms.